The van der Waals surface area contributed by atoms with Crippen LogP contribution in [0.2, 0.25) is 0 Å². The van der Waals surface area contributed by atoms with E-state index in [1.54, 1.807) is 11.8 Å². The highest BCUT2D eigenvalue weighted by atomic mass is 32.2. The number of benzene rings is 1. The van der Waals surface area contributed by atoms with Crippen LogP contribution in [0, 0.1) is 6.92 Å². The topological polar surface area (TPSA) is 30.7 Å². The predicted octanol–water partition coefficient (Wildman–Crippen LogP) is 3.14. The van der Waals surface area contributed by atoms with Gasteiger partial charge in [0.05, 0.1) is 6.54 Å². The molecular formula is C13H17N3S. The van der Waals surface area contributed by atoms with E-state index in [1.807, 2.05) is 13.0 Å². The molecule has 3 nitrogen and oxygen atoms in total. The Morgan fingerprint density at radius 1 is 1.18 bits per heavy atom. The second-order valence-corrected chi connectivity index (χ2v) is 5.01. The van der Waals surface area contributed by atoms with E-state index < -0.39 is 0 Å². The van der Waals surface area contributed by atoms with E-state index in [0.29, 0.717) is 0 Å². The molecule has 2 rings (SSSR count). The molecule has 17 heavy (non-hydrogen) atoms. The fourth-order valence-electron chi connectivity index (χ4n) is 1.61. The van der Waals surface area contributed by atoms with Crippen molar-refractivity contribution in [2.45, 2.75) is 32.0 Å². The normalized spacial score (nSPS) is 10.7. The molecule has 1 aromatic carbocycles. The zero-order chi connectivity index (χ0) is 12.1. The summed E-state index contributed by atoms with van der Waals surface area (Å²) in [5.41, 5.74) is 1.29. The molecule has 0 aliphatic heterocycles. The molecule has 0 spiro atoms. The Bertz CT molecular complexity index is 465. The van der Waals surface area contributed by atoms with Crippen molar-refractivity contribution in [3.8, 4) is 0 Å². The van der Waals surface area contributed by atoms with E-state index in [4.69, 9.17) is 0 Å². The highest BCUT2D eigenvalue weighted by Gasteiger charge is 2.08. The Kier molecular flexibility index (Phi) is 4.20. The maximum atomic E-state index is 4.23. The van der Waals surface area contributed by atoms with E-state index in [9.17, 15) is 0 Å². The van der Waals surface area contributed by atoms with Gasteiger partial charge in [-0.15, -0.1) is 10.2 Å². The van der Waals surface area contributed by atoms with Gasteiger partial charge in [0.25, 0.3) is 0 Å². The summed E-state index contributed by atoms with van der Waals surface area (Å²) in [6.07, 6.45) is 1.15. The summed E-state index contributed by atoms with van der Waals surface area (Å²) in [5.74, 6) is 2.07. The van der Waals surface area contributed by atoms with Crippen molar-refractivity contribution >= 4 is 11.8 Å². The van der Waals surface area contributed by atoms with Gasteiger partial charge in [0.1, 0.15) is 5.82 Å². The van der Waals surface area contributed by atoms with Gasteiger partial charge < -0.3 is 4.57 Å². The largest absolute Gasteiger partial charge is 0.302 e. The highest BCUT2D eigenvalue weighted by Crippen LogP contribution is 2.18. The fourth-order valence-corrected chi connectivity index (χ4v) is 2.45. The summed E-state index contributed by atoms with van der Waals surface area (Å²) < 4.78 is 2.18. The second kappa shape index (κ2) is 5.87. The molecule has 0 aliphatic rings. The molecule has 2 aromatic rings. The summed E-state index contributed by atoms with van der Waals surface area (Å²) >= 11 is 1.78. The van der Waals surface area contributed by atoms with Gasteiger partial charge in [-0.1, -0.05) is 49.0 Å². The second-order valence-electron chi connectivity index (χ2n) is 3.95. The number of aryl methyl sites for hydroxylation is 1. The number of hydrogen-bond donors (Lipinski definition) is 0. The quantitative estimate of drug-likeness (QED) is 0.760. The van der Waals surface area contributed by atoms with Crippen LogP contribution in [0.5, 0.6) is 0 Å². The lowest BCUT2D eigenvalue weighted by Gasteiger charge is -2.07. The number of rotatable bonds is 5. The number of nitrogens with zero attached hydrogens (tertiary/aromatic N) is 3. The van der Waals surface area contributed by atoms with E-state index in [-0.39, 0.29) is 0 Å². The van der Waals surface area contributed by atoms with Crippen molar-refractivity contribution in [2.75, 3.05) is 5.75 Å². The van der Waals surface area contributed by atoms with Crippen LogP contribution in [0.25, 0.3) is 0 Å². The van der Waals surface area contributed by atoms with Crippen molar-refractivity contribution in [1.29, 1.82) is 0 Å². The third kappa shape index (κ3) is 3.09. The molecule has 0 saturated carbocycles. The molecule has 0 aliphatic carbocycles. The third-order valence-electron chi connectivity index (χ3n) is 2.52. The Morgan fingerprint density at radius 3 is 2.65 bits per heavy atom. The molecular weight excluding hydrogens is 230 g/mol. The van der Waals surface area contributed by atoms with E-state index in [2.05, 4.69) is 46.0 Å². The van der Waals surface area contributed by atoms with Crippen molar-refractivity contribution < 1.29 is 0 Å². The molecule has 1 heterocycles. The first-order chi connectivity index (χ1) is 8.31. The summed E-state index contributed by atoms with van der Waals surface area (Å²) in [7, 11) is 0. The summed E-state index contributed by atoms with van der Waals surface area (Å²) in [4.78, 5) is 0. The van der Waals surface area contributed by atoms with Crippen molar-refractivity contribution in [3.63, 3.8) is 0 Å². The average Bonchev–Trinajstić information content (AvgIpc) is 2.70. The molecule has 0 unspecified atom stereocenters. The molecule has 0 atom stereocenters. The number of hydrogen-bond acceptors (Lipinski definition) is 3. The molecule has 0 saturated heterocycles. The lowest BCUT2D eigenvalue weighted by atomic mass is 10.2. The van der Waals surface area contributed by atoms with Gasteiger partial charge >= 0.3 is 0 Å². The van der Waals surface area contributed by atoms with Crippen LogP contribution < -0.4 is 0 Å². The number of aromatic nitrogens is 3. The molecule has 0 N–H and O–H groups in total. The van der Waals surface area contributed by atoms with Crippen molar-refractivity contribution in [3.05, 3.63) is 41.7 Å². The minimum Gasteiger partial charge on any atom is -0.302 e. The minimum atomic E-state index is 0.853. The van der Waals surface area contributed by atoms with Gasteiger partial charge in [-0.3, -0.25) is 0 Å². The van der Waals surface area contributed by atoms with Crippen LogP contribution >= 0.6 is 11.8 Å². The summed E-state index contributed by atoms with van der Waals surface area (Å²) in [6, 6.07) is 10.4. The van der Waals surface area contributed by atoms with Gasteiger partial charge in [0.2, 0.25) is 0 Å². The molecule has 0 bridgehead atoms. The van der Waals surface area contributed by atoms with Crippen LogP contribution in [0.1, 0.15) is 24.7 Å². The van der Waals surface area contributed by atoms with Crippen LogP contribution in [-0.4, -0.2) is 20.5 Å². The third-order valence-corrected chi connectivity index (χ3v) is 3.69. The summed E-state index contributed by atoms with van der Waals surface area (Å²) in [5, 5.41) is 9.40. The van der Waals surface area contributed by atoms with Gasteiger partial charge in [-0.2, -0.15) is 0 Å². The maximum absolute atomic E-state index is 4.23. The molecule has 1 aromatic heterocycles. The Morgan fingerprint density at radius 2 is 1.94 bits per heavy atom. The lowest BCUT2D eigenvalue weighted by molar-refractivity contribution is 0.688. The van der Waals surface area contributed by atoms with Gasteiger partial charge in [0, 0.05) is 5.75 Å². The predicted molar refractivity (Wildman–Crippen MR) is 71.3 cm³/mol. The Balaban J connectivity index is 2.17. The van der Waals surface area contributed by atoms with Gasteiger partial charge in [-0.05, 0) is 18.9 Å². The smallest absolute Gasteiger partial charge is 0.191 e. The van der Waals surface area contributed by atoms with Crippen LogP contribution in [0.15, 0.2) is 35.5 Å². The number of thioether (sulfide) groups is 1. The van der Waals surface area contributed by atoms with E-state index in [0.717, 1.165) is 29.7 Å². The molecule has 4 heteroatoms. The van der Waals surface area contributed by atoms with E-state index in [1.165, 1.54) is 5.56 Å². The highest BCUT2D eigenvalue weighted by molar-refractivity contribution is 7.99. The standard InChI is InChI=1S/C13H17N3S/c1-3-9-17-13-15-14-11(2)16(13)10-12-7-5-4-6-8-12/h4-8H,3,9-10H2,1-2H3. The first kappa shape index (κ1) is 12.2. The Labute approximate surface area is 106 Å². The van der Waals surface area contributed by atoms with Gasteiger partial charge in [0.15, 0.2) is 5.16 Å². The first-order valence-electron chi connectivity index (χ1n) is 5.87. The summed E-state index contributed by atoms with van der Waals surface area (Å²) in [6.45, 7) is 5.04. The van der Waals surface area contributed by atoms with Crippen LogP contribution in [0.4, 0.5) is 0 Å². The van der Waals surface area contributed by atoms with E-state index >= 15 is 0 Å². The zero-order valence-corrected chi connectivity index (χ0v) is 11.1. The molecule has 0 amide bonds. The average molecular weight is 247 g/mol. The maximum Gasteiger partial charge on any atom is 0.191 e. The SMILES string of the molecule is CCCSc1nnc(C)n1Cc1ccccc1. The van der Waals surface area contributed by atoms with Gasteiger partial charge in [-0.25, -0.2) is 0 Å². The molecule has 90 valence electrons. The first-order valence-corrected chi connectivity index (χ1v) is 6.86. The van der Waals surface area contributed by atoms with Crippen molar-refractivity contribution in [1.82, 2.24) is 14.8 Å². The minimum absolute atomic E-state index is 0.853. The zero-order valence-electron chi connectivity index (χ0n) is 10.3. The lowest BCUT2D eigenvalue weighted by Crippen LogP contribution is -2.03. The monoisotopic (exact) mass is 247 g/mol. The molecule has 0 fully saturated rings. The van der Waals surface area contributed by atoms with Crippen molar-refractivity contribution in [2.24, 2.45) is 0 Å². The molecule has 0 radical (unpaired) electrons. The van der Waals surface area contributed by atoms with Crippen LogP contribution in [-0.2, 0) is 6.54 Å². The fraction of sp³-hybridized carbons (Fsp3) is 0.385. The Hall–Kier alpha value is -1.29. The van der Waals surface area contributed by atoms with Crippen LogP contribution in [0.3, 0.4) is 0 Å².